The second-order valence-corrected chi connectivity index (χ2v) is 3.77. The minimum Gasteiger partial charge on any atom is -0.388 e. The highest BCUT2D eigenvalue weighted by atomic mass is 16.3. The summed E-state index contributed by atoms with van der Waals surface area (Å²) in [5, 5.41) is 10.1. The van der Waals surface area contributed by atoms with E-state index in [4.69, 9.17) is 0 Å². The molecule has 2 aromatic rings. The van der Waals surface area contributed by atoms with Crippen molar-refractivity contribution in [3.63, 3.8) is 0 Å². The Morgan fingerprint density at radius 3 is 2.40 bits per heavy atom. The standard InChI is InChI=1S/C13H15NO/c1-10(12-8-5-9-14-12)13(15)11-6-3-2-4-7-11/h2-10,13-15H,1H3. The molecule has 0 aliphatic rings. The summed E-state index contributed by atoms with van der Waals surface area (Å²) in [6.07, 6.45) is 1.42. The van der Waals surface area contributed by atoms with E-state index in [0.717, 1.165) is 11.3 Å². The average molecular weight is 201 g/mol. The Labute approximate surface area is 89.6 Å². The van der Waals surface area contributed by atoms with Crippen molar-refractivity contribution in [1.82, 2.24) is 4.98 Å². The van der Waals surface area contributed by atoms with E-state index < -0.39 is 6.10 Å². The van der Waals surface area contributed by atoms with E-state index in [1.54, 1.807) is 0 Å². The van der Waals surface area contributed by atoms with Gasteiger partial charge in [-0.25, -0.2) is 0 Å². The van der Waals surface area contributed by atoms with Crippen molar-refractivity contribution in [2.45, 2.75) is 18.9 Å². The Morgan fingerprint density at radius 2 is 1.80 bits per heavy atom. The van der Waals surface area contributed by atoms with E-state index in [9.17, 15) is 5.11 Å². The molecule has 1 aromatic carbocycles. The molecule has 0 fully saturated rings. The highest BCUT2D eigenvalue weighted by Crippen LogP contribution is 2.28. The molecule has 15 heavy (non-hydrogen) atoms. The van der Waals surface area contributed by atoms with Gasteiger partial charge >= 0.3 is 0 Å². The van der Waals surface area contributed by atoms with Gasteiger partial charge in [0.05, 0.1) is 6.10 Å². The number of aliphatic hydroxyl groups is 1. The van der Waals surface area contributed by atoms with E-state index in [0.29, 0.717) is 0 Å². The number of aromatic amines is 1. The molecule has 0 bridgehead atoms. The lowest BCUT2D eigenvalue weighted by atomic mass is 9.95. The van der Waals surface area contributed by atoms with Crippen LogP contribution >= 0.6 is 0 Å². The molecule has 0 saturated heterocycles. The summed E-state index contributed by atoms with van der Waals surface area (Å²) in [5.41, 5.74) is 2.02. The molecule has 0 saturated carbocycles. The maximum absolute atomic E-state index is 10.1. The van der Waals surface area contributed by atoms with E-state index in [-0.39, 0.29) is 5.92 Å². The first-order chi connectivity index (χ1) is 7.29. The predicted molar refractivity (Wildman–Crippen MR) is 60.6 cm³/mol. The van der Waals surface area contributed by atoms with Crippen LogP contribution < -0.4 is 0 Å². The van der Waals surface area contributed by atoms with Crippen LogP contribution in [0.25, 0.3) is 0 Å². The number of hydrogen-bond acceptors (Lipinski definition) is 1. The summed E-state index contributed by atoms with van der Waals surface area (Å²) < 4.78 is 0. The zero-order chi connectivity index (χ0) is 10.7. The summed E-state index contributed by atoms with van der Waals surface area (Å²) in [4.78, 5) is 3.13. The average Bonchev–Trinajstić information content (AvgIpc) is 2.82. The van der Waals surface area contributed by atoms with Crippen LogP contribution in [0.15, 0.2) is 48.7 Å². The Kier molecular flexibility index (Phi) is 2.88. The molecular weight excluding hydrogens is 186 g/mol. The molecule has 1 heterocycles. The van der Waals surface area contributed by atoms with Crippen LogP contribution in [0.5, 0.6) is 0 Å². The fourth-order valence-electron chi connectivity index (χ4n) is 1.74. The van der Waals surface area contributed by atoms with E-state index in [1.807, 2.05) is 55.6 Å². The van der Waals surface area contributed by atoms with Gasteiger partial charge in [0.1, 0.15) is 0 Å². The first kappa shape index (κ1) is 9.99. The number of rotatable bonds is 3. The third-order valence-corrected chi connectivity index (χ3v) is 2.73. The lowest BCUT2D eigenvalue weighted by Crippen LogP contribution is -2.07. The van der Waals surface area contributed by atoms with Crippen LogP contribution in [0.2, 0.25) is 0 Å². The number of H-pyrrole nitrogens is 1. The maximum Gasteiger partial charge on any atom is 0.0870 e. The smallest absolute Gasteiger partial charge is 0.0870 e. The third kappa shape index (κ3) is 2.10. The van der Waals surface area contributed by atoms with Gasteiger partial charge in [0.25, 0.3) is 0 Å². The van der Waals surface area contributed by atoms with Crippen LogP contribution in [-0.4, -0.2) is 10.1 Å². The molecule has 2 unspecified atom stereocenters. The highest BCUT2D eigenvalue weighted by Gasteiger charge is 2.18. The lowest BCUT2D eigenvalue weighted by molar-refractivity contribution is 0.150. The first-order valence-corrected chi connectivity index (χ1v) is 5.15. The van der Waals surface area contributed by atoms with Crippen molar-refractivity contribution in [2.24, 2.45) is 0 Å². The fraction of sp³-hybridized carbons (Fsp3) is 0.231. The first-order valence-electron chi connectivity index (χ1n) is 5.15. The van der Waals surface area contributed by atoms with Gasteiger partial charge in [-0.15, -0.1) is 0 Å². The van der Waals surface area contributed by atoms with Gasteiger partial charge in [-0.3, -0.25) is 0 Å². The number of nitrogens with one attached hydrogen (secondary N) is 1. The Balaban J connectivity index is 2.18. The SMILES string of the molecule is CC(c1ccc[nH]1)C(O)c1ccccc1. The lowest BCUT2D eigenvalue weighted by Gasteiger charge is -2.18. The number of aromatic nitrogens is 1. The van der Waals surface area contributed by atoms with Gasteiger partial charge in [-0.2, -0.15) is 0 Å². The number of hydrogen-bond donors (Lipinski definition) is 2. The predicted octanol–water partition coefficient (Wildman–Crippen LogP) is 2.85. The molecule has 2 N–H and O–H groups in total. The van der Waals surface area contributed by atoms with Crippen molar-refractivity contribution in [1.29, 1.82) is 0 Å². The van der Waals surface area contributed by atoms with Crippen molar-refractivity contribution >= 4 is 0 Å². The number of aliphatic hydroxyl groups excluding tert-OH is 1. The summed E-state index contributed by atoms with van der Waals surface area (Å²) >= 11 is 0. The van der Waals surface area contributed by atoms with Crippen LogP contribution in [0.4, 0.5) is 0 Å². The second kappa shape index (κ2) is 4.32. The fourth-order valence-corrected chi connectivity index (χ4v) is 1.74. The molecule has 2 rings (SSSR count). The molecule has 2 atom stereocenters. The molecular formula is C13H15NO. The van der Waals surface area contributed by atoms with Crippen molar-refractivity contribution in [3.05, 3.63) is 59.9 Å². The zero-order valence-electron chi connectivity index (χ0n) is 8.72. The minimum atomic E-state index is -0.454. The van der Waals surface area contributed by atoms with Crippen LogP contribution in [-0.2, 0) is 0 Å². The molecule has 0 spiro atoms. The molecule has 2 heteroatoms. The van der Waals surface area contributed by atoms with Crippen molar-refractivity contribution in [2.75, 3.05) is 0 Å². The molecule has 0 aliphatic heterocycles. The van der Waals surface area contributed by atoms with Crippen LogP contribution in [0.3, 0.4) is 0 Å². The van der Waals surface area contributed by atoms with Crippen molar-refractivity contribution < 1.29 is 5.11 Å². The molecule has 2 nitrogen and oxygen atoms in total. The van der Waals surface area contributed by atoms with Gasteiger partial charge in [0, 0.05) is 17.8 Å². The highest BCUT2D eigenvalue weighted by molar-refractivity contribution is 5.22. The summed E-state index contributed by atoms with van der Waals surface area (Å²) in [6, 6.07) is 13.7. The normalized spacial score (nSPS) is 14.8. The van der Waals surface area contributed by atoms with Gasteiger partial charge in [0.15, 0.2) is 0 Å². The summed E-state index contributed by atoms with van der Waals surface area (Å²) in [7, 11) is 0. The van der Waals surface area contributed by atoms with E-state index in [2.05, 4.69) is 4.98 Å². The van der Waals surface area contributed by atoms with Gasteiger partial charge in [-0.05, 0) is 17.7 Å². The Bertz CT molecular complexity index is 394. The zero-order valence-corrected chi connectivity index (χ0v) is 8.72. The van der Waals surface area contributed by atoms with Crippen LogP contribution in [0, 0.1) is 0 Å². The topological polar surface area (TPSA) is 36.0 Å². The van der Waals surface area contributed by atoms with Gasteiger partial charge < -0.3 is 10.1 Å². The van der Waals surface area contributed by atoms with Gasteiger partial charge in [0.2, 0.25) is 0 Å². The quantitative estimate of drug-likeness (QED) is 0.787. The monoisotopic (exact) mass is 201 g/mol. The van der Waals surface area contributed by atoms with E-state index >= 15 is 0 Å². The van der Waals surface area contributed by atoms with Crippen molar-refractivity contribution in [3.8, 4) is 0 Å². The van der Waals surface area contributed by atoms with E-state index in [1.165, 1.54) is 0 Å². The number of benzene rings is 1. The van der Waals surface area contributed by atoms with Crippen LogP contribution in [0.1, 0.15) is 30.2 Å². The Morgan fingerprint density at radius 1 is 1.07 bits per heavy atom. The minimum absolute atomic E-state index is 0.0856. The Hall–Kier alpha value is -1.54. The second-order valence-electron chi connectivity index (χ2n) is 3.77. The molecule has 0 aliphatic carbocycles. The molecule has 78 valence electrons. The molecule has 0 amide bonds. The molecule has 1 aromatic heterocycles. The summed E-state index contributed by atoms with van der Waals surface area (Å²) in [6.45, 7) is 2.02. The third-order valence-electron chi connectivity index (χ3n) is 2.73. The van der Waals surface area contributed by atoms with Gasteiger partial charge in [-0.1, -0.05) is 37.3 Å². The largest absolute Gasteiger partial charge is 0.388 e. The summed E-state index contributed by atoms with van der Waals surface area (Å²) in [5.74, 6) is 0.0856. The maximum atomic E-state index is 10.1. The molecule has 0 radical (unpaired) electrons.